The summed E-state index contributed by atoms with van der Waals surface area (Å²) >= 11 is 1.88. The Morgan fingerprint density at radius 2 is 2.12 bits per heavy atom. The molecule has 0 saturated heterocycles. The van der Waals surface area contributed by atoms with Crippen molar-refractivity contribution in [1.82, 2.24) is 0 Å². The molecule has 90 valence electrons. The monoisotopic (exact) mass is 239 g/mol. The summed E-state index contributed by atoms with van der Waals surface area (Å²) in [5.41, 5.74) is 7.32. The third-order valence-corrected chi connectivity index (χ3v) is 3.29. The Morgan fingerprint density at radius 1 is 1.38 bits per heavy atom. The minimum Gasteiger partial charge on any atom is -0.496 e. The first-order chi connectivity index (χ1) is 7.77. The maximum atomic E-state index is 6.11. The molecule has 2 N–H and O–H groups in total. The second kappa shape index (κ2) is 7.58. The third-order valence-electron chi connectivity index (χ3n) is 2.60. The summed E-state index contributed by atoms with van der Waals surface area (Å²) in [7, 11) is 1.71. The number of ether oxygens (including phenoxy) is 1. The SMILES string of the molecule is COc1ccccc1CC(N)CCCSC. The van der Waals surface area contributed by atoms with E-state index in [4.69, 9.17) is 10.5 Å². The van der Waals surface area contributed by atoms with Crippen LogP contribution in [0, 0.1) is 0 Å². The molecule has 0 saturated carbocycles. The number of hydrogen-bond acceptors (Lipinski definition) is 3. The summed E-state index contributed by atoms with van der Waals surface area (Å²) in [4.78, 5) is 0. The minimum atomic E-state index is 0.239. The molecule has 3 heteroatoms. The highest BCUT2D eigenvalue weighted by Crippen LogP contribution is 2.19. The van der Waals surface area contributed by atoms with Gasteiger partial charge in [-0.15, -0.1) is 0 Å². The Bertz CT molecular complexity index is 304. The molecule has 0 aliphatic carbocycles. The van der Waals surface area contributed by atoms with Crippen LogP contribution >= 0.6 is 11.8 Å². The van der Waals surface area contributed by atoms with Gasteiger partial charge in [0.05, 0.1) is 7.11 Å². The Morgan fingerprint density at radius 3 is 2.81 bits per heavy atom. The number of nitrogens with two attached hydrogens (primary N) is 1. The van der Waals surface area contributed by atoms with E-state index in [-0.39, 0.29) is 6.04 Å². The largest absolute Gasteiger partial charge is 0.496 e. The molecule has 2 nitrogen and oxygen atoms in total. The topological polar surface area (TPSA) is 35.2 Å². The van der Waals surface area contributed by atoms with Gasteiger partial charge in [0.2, 0.25) is 0 Å². The second-order valence-electron chi connectivity index (χ2n) is 3.91. The Hall–Kier alpha value is -0.670. The summed E-state index contributed by atoms with van der Waals surface area (Å²) < 4.78 is 5.31. The normalized spacial score (nSPS) is 12.4. The van der Waals surface area contributed by atoms with Crippen LogP contribution in [0.25, 0.3) is 0 Å². The highest BCUT2D eigenvalue weighted by Gasteiger charge is 2.07. The van der Waals surface area contributed by atoms with Gasteiger partial charge >= 0.3 is 0 Å². The van der Waals surface area contributed by atoms with Gasteiger partial charge in [-0.3, -0.25) is 0 Å². The summed E-state index contributed by atoms with van der Waals surface area (Å²) in [5, 5.41) is 0. The smallest absolute Gasteiger partial charge is 0.122 e. The zero-order valence-electron chi connectivity index (χ0n) is 10.1. The average molecular weight is 239 g/mol. The van der Waals surface area contributed by atoms with E-state index in [1.165, 1.54) is 17.7 Å². The second-order valence-corrected chi connectivity index (χ2v) is 4.90. The average Bonchev–Trinajstić information content (AvgIpc) is 2.30. The molecule has 0 fully saturated rings. The first kappa shape index (κ1) is 13.4. The first-order valence-corrected chi connectivity index (χ1v) is 7.03. The lowest BCUT2D eigenvalue weighted by Crippen LogP contribution is -2.23. The third kappa shape index (κ3) is 4.45. The van der Waals surface area contributed by atoms with Crippen LogP contribution < -0.4 is 10.5 Å². The van der Waals surface area contributed by atoms with Crippen LogP contribution in [0.4, 0.5) is 0 Å². The van der Waals surface area contributed by atoms with Gasteiger partial charge in [-0.1, -0.05) is 18.2 Å². The van der Waals surface area contributed by atoms with Crippen molar-refractivity contribution in [3.05, 3.63) is 29.8 Å². The highest BCUT2D eigenvalue weighted by atomic mass is 32.2. The fourth-order valence-electron chi connectivity index (χ4n) is 1.75. The molecule has 0 spiro atoms. The molecule has 0 amide bonds. The molecule has 1 aromatic carbocycles. The van der Waals surface area contributed by atoms with Crippen LogP contribution in [0.2, 0.25) is 0 Å². The van der Waals surface area contributed by atoms with Gasteiger partial charge in [0.25, 0.3) is 0 Å². The summed E-state index contributed by atoms with van der Waals surface area (Å²) in [6.45, 7) is 0. The number of hydrogen-bond donors (Lipinski definition) is 1. The number of methoxy groups -OCH3 is 1. The summed E-state index contributed by atoms with van der Waals surface area (Å²) in [6, 6.07) is 8.34. The van der Waals surface area contributed by atoms with Gasteiger partial charge in [-0.25, -0.2) is 0 Å². The van der Waals surface area contributed by atoms with Gasteiger partial charge in [0, 0.05) is 6.04 Å². The maximum absolute atomic E-state index is 6.11. The van der Waals surface area contributed by atoms with Crippen LogP contribution in [0.3, 0.4) is 0 Å². The van der Waals surface area contributed by atoms with Crippen LogP contribution in [0.15, 0.2) is 24.3 Å². The molecule has 0 aromatic heterocycles. The lowest BCUT2D eigenvalue weighted by atomic mass is 10.0. The van der Waals surface area contributed by atoms with Crippen molar-refractivity contribution >= 4 is 11.8 Å². The van der Waals surface area contributed by atoms with Crippen molar-refractivity contribution in [1.29, 1.82) is 0 Å². The van der Waals surface area contributed by atoms with E-state index >= 15 is 0 Å². The Balaban J connectivity index is 2.45. The van der Waals surface area contributed by atoms with Crippen molar-refractivity contribution in [3.63, 3.8) is 0 Å². The van der Waals surface area contributed by atoms with Crippen LogP contribution in [-0.2, 0) is 6.42 Å². The van der Waals surface area contributed by atoms with Gasteiger partial charge in [-0.2, -0.15) is 11.8 Å². The van der Waals surface area contributed by atoms with E-state index in [0.717, 1.165) is 18.6 Å². The number of para-hydroxylation sites is 1. The van der Waals surface area contributed by atoms with Crippen molar-refractivity contribution in [3.8, 4) is 5.75 Å². The molecule has 1 rings (SSSR count). The van der Waals surface area contributed by atoms with Gasteiger partial charge < -0.3 is 10.5 Å². The summed E-state index contributed by atoms with van der Waals surface area (Å²) in [5.74, 6) is 2.14. The van der Waals surface area contributed by atoms with Gasteiger partial charge in [0.1, 0.15) is 5.75 Å². The van der Waals surface area contributed by atoms with Crippen molar-refractivity contribution in [2.24, 2.45) is 5.73 Å². The van der Waals surface area contributed by atoms with Gasteiger partial charge in [-0.05, 0) is 42.9 Å². The fraction of sp³-hybridized carbons (Fsp3) is 0.538. The van der Waals surface area contributed by atoms with Crippen molar-refractivity contribution in [2.75, 3.05) is 19.1 Å². The molecular weight excluding hydrogens is 218 g/mol. The van der Waals surface area contributed by atoms with E-state index in [1.54, 1.807) is 7.11 Å². The zero-order valence-corrected chi connectivity index (χ0v) is 10.9. The van der Waals surface area contributed by atoms with E-state index in [0.29, 0.717) is 0 Å². The molecule has 0 heterocycles. The standard InChI is InChI=1S/C13H21NOS/c1-15-13-8-4-3-6-11(13)10-12(14)7-5-9-16-2/h3-4,6,8,12H,5,7,9-10,14H2,1-2H3. The molecule has 0 aliphatic heterocycles. The Labute approximate surface area is 103 Å². The molecule has 16 heavy (non-hydrogen) atoms. The zero-order chi connectivity index (χ0) is 11.8. The fourth-order valence-corrected chi connectivity index (χ4v) is 2.20. The predicted molar refractivity (Wildman–Crippen MR) is 72.3 cm³/mol. The molecular formula is C13H21NOS. The van der Waals surface area contributed by atoms with E-state index in [9.17, 15) is 0 Å². The van der Waals surface area contributed by atoms with Crippen molar-refractivity contribution < 1.29 is 4.74 Å². The number of thioether (sulfide) groups is 1. The van der Waals surface area contributed by atoms with Crippen molar-refractivity contribution in [2.45, 2.75) is 25.3 Å². The Kier molecular flexibility index (Phi) is 6.34. The highest BCUT2D eigenvalue weighted by molar-refractivity contribution is 7.98. The van der Waals surface area contributed by atoms with Crippen LogP contribution in [0.1, 0.15) is 18.4 Å². The molecule has 0 bridgehead atoms. The van der Waals surface area contributed by atoms with Gasteiger partial charge in [0.15, 0.2) is 0 Å². The summed E-state index contributed by atoms with van der Waals surface area (Å²) in [6.07, 6.45) is 5.31. The maximum Gasteiger partial charge on any atom is 0.122 e. The predicted octanol–water partition coefficient (Wildman–Crippen LogP) is 2.71. The lowest BCUT2D eigenvalue weighted by molar-refractivity contribution is 0.407. The molecule has 1 aromatic rings. The quantitative estimate of drug-likeness (QED) is 0.743. The molecule has 1 atom stereocenters. The van der Waals surface area contributed by atoms with E-state index in [2.05, 4.69) is 12.3 Å². The number of benzene rings is 1. The van der Waals surface area contributed by atoms with E-state index in [1.807, 2.05) is 30.0 Å². The minimum absolute atomic E-state index is 0.239. The first-order valence-electron chi connectivity index (χ1n) is 5.64. The molecule has 0 radical (unpaired) electrons. The molecule has 0 aliphatic rings. The lowest BCUT2D eigenvalue weighted by Gasteiger charge is -2.13. The van der Waals surface area contributed by atoms with E-state index < -0.39 is 0 Å². The van der Waals surface area contributed by atoms with Crippen LogP contribution in [-0.4, -0.2) is 25.2 Å². The van der Waals surface area contributed by atoms with Crippen LogP contribution in [0.5, 0.6) is 5.75 Å². The molecule has 1 unspecified atom stereocenters. The number of rotatable bonds is 7.